The van der Waals surface area contributed by atoms with Gasteiger partial charge in [-0.1, -0.05) is 19.3 Å². The fourth-order valence-electron chi connectivity index (χ4n) is 2.54. The molecule has 23 heavy (non-hydrogen) atoms. The minimum atomic E-state index is -3.29. The summed E-state index contributed by atoms with van der Waals surface area (Å²) < 4.78 is 25.4. The number of hydrogen-bond donors (Lipinski definition) is 3. The molecule has 2 rings (SSSR count). The van der Waals surface area contributed by atoms with Crippen LogP contribution in [-0.2, 0) is 14.8 Å². The first-order valence-electron chi connectivity index (χ1n) is 7.55. The topological polar surface area (TPSA) is 101 Å². The minimum absolute atomic E-state index is 0. The summed E-state index contributed by atoms with van der Waals surface area (Å²) >= 11 is 0. The molecule has 0 bridgehead atoms. The van der Waals surface area contributed by atoms with Crippen LogP contribution in [0.5, 0.6) is 0 Å². The molecule has 6 nitrogen and oxygen atoms in total. The van der Waals surface area contributed by atoms with Gasteiger partial charge in [-0.15, -0.1) is 12.4 Å². The van der Waals surface area contributed by atoms with Crippen molar-refractivity contribution in [2.75, 3.05) is 15.8 Å². The lowest BCUT2D eigenvalue weighted by Crippen LogP contribution is -2.52. The van der Waals surface area contributed by atoms with E-state index in [9.17, 15) is 13.2 Å². The van der Waals surface area contributed by atoms with E-state index in [4.69, 9.17) is 5.73 Å². The van der Waals surface area contributed by atoms with Gasteiger partial charge in [0.2, 0.25) is 15.9 Å². The normalized spacial score (nSPS) is 17.0. The molecular weight excluding hydrogens is 338 g/mol. The molecule has 1 amide bonds. The van der Waals surface area contributed by atoms with E-state index >= 15 is 0 Å². The third-order valence-corrected chi connectivity index (χ3v) is 5.30. The van der Waals surface area contributed by atoms with Gasteiger partial charge in [0.05, 0.1) is 11.3 Å². The van der Waals surface area contributed by atoms with E-state index in [2.05, 4.69) is 10.0 Å². The fraction of sp³-hybridized carbons (Fsp3) is 0.533. The quantitative estimate of drug-likeness (QED) is 0.749. The lowest BCUT2D eigenvalue weighted by Gasteiger charge is -2.31. The summed E-state index contributed by atoms with van der Waals surface area (Å²) in [6.07, 6.45) is 4.47. The molecule has 1 aromatic carbocycles. The molecule has 130 valence electrons. The van der Waals surface area contributed by atoms with Gasteiger partial charge in [-0.05, 0) is 44.0 Å². The van der Waals surface area contributed by atoms with E-state index < -0.39 is 15.6 Å². The van der Waals surface area contributed by atoms with Crippen LogP contribution in [0, 0.1) is 0 Å². The summed E-state index contributed by atoms with van der Waals surface area (Å²) in [4.78, 5) is 12.3. The molecule has 1 aromatic rings. The monoisotopic (exact) mass is 361 g/mol. The molecule has 0 aliphatic heterocycles. The SMILES string of the molecule is CCS(=O)(=O)Nc1ccc(NC(=O)C2(N)CCCCC2)cc1.Cl. The highest BCUT2D eigenvalue weighted by molar-refractivity contribution is 7.92. The van der Waals surface area contributed by atoms with E-state index in [0.29, 0.717) is 24.2 Å². The van der Waals surface area contributed by atoms with Crippen molar-refractivity contribution < 1.29 is 13.2 Å². The van der Waals surface area contributed by atoms with Crippen molar-refractivity contribution >= 4 is 39.7 Å². The Morgan fingerprint density at radius 1 is 1.13 bits per heavy atom. The van der Waals surface area contributed by atoms with E-state index in [1.165, 1.54) is 0 Å². The van der Waals surface area contributed by atoms with Crippen molar-refractivity contribution in [3.05, 3.63) is 24.3 Å². The second-order valence-electron chi connectivity index (χ2n) is 5.75. The minimum Gasteiger partial charge on any atom is -0.324 e. The Labute approximate surface area is 143 Å². The fourth-order valence-corrected chi connectivity index (χ4v) is 3.18. The molecule has 1 fully saturated rings. The van der Waals surface area contributed by atoms with Gasteiger partial charge in [0, 0.05) is 11.4 Å². The summed E-state index contributed by atoms with van der Waals surface area (Å²) in [5, 5.41) is 2.82. The number of anilines is 2. The number of amides is 1. The first-order valence-corrected chi connectivity index (χ1v) is 9.21. The molecular formula is C15H24ClN3O3S. The van der Waals surface area contributed by atoms with E-state index in [1.54, 1.807) is 31.2 Å². The molecule has 1 saturated carbocycles. The van der Waals surface area contributed by atoms with Gasteiger partial charge in [0.1, 0.15) is 0 Å². The van der Waals surface area contributed by atoms with Gasteiger partial charge in [-0.25, -0.2) is 8.42 Å². The average molecular weight is 362 g/mol. The lowest BCUT2D eigenvalue weighted by atomic mass is 9.82. The third kappa shape index (κ3) is 5.37. The van der Waals surface area contributed by atoms with Crippen molar-refractivity contribution in [3.63, 3.8) is 0 Å². The molecule has 8 heteroatoms. The predicted molar refractivity (Wildman–Crippen MR) is 95.4 cm³/mol. The number of sulfonamides is 1. The van der Waals surface area contributed by atoms with E-state index in [0.717, 1.165) is 19.3 Å². The van der Waals surface area contributed by atoms with Gasteiger partial charge in [-0.2, -0.15) is 0 Å². The van der Waals surface area contributed by atoms with Crippen LogP contribution in [-0.4, -0.2) is 25.6 Å². The molecule has 1 aliphatic rings. The standard InChI is InChI=1S/C15H23N3O3S.ClH/c1-2-22(20,21)18-13-8-6-12(7-9-13)17-14(19)15(16)10-4-3-5-11-15;/h6-9,18H,2-5,10-11,16H2,1H3,(H,17,19);1H. The summed E-state index contributed by atoms with van der Waals surface area (Å²) in [7, 11) is -3.29. The molecule has 0 unspecified atom stereocenters. The van der Waals surface area contributed by atoms with Crippen molar-refractivity contribution in [2.45, 2.75) is 44.6 Å². The average Bonchev–Trinajstić information content (AvgIpc) is 2.50. The lowest BCUT2D eigenvalue weighted by molar-refractivity contribution is -0.122. The number of hydrogen-bond acceptors (Lipinski definition) is 4. The molecule has 1 aliphatic carbocycles. The van der Waals surface area contributed by atoms with E-state index in [-0.39, 0.29) is 24.1 Å². The molecule has 0 heterocycles. The number of carbonyl (C=O) groups is 1. The predicted octanol–water partition coefficient (Wildman–Crippen LogP) is 2.47. The van der Waals surface area contributed by atoms with Crippen molar-refractivity contribution in [1.82, 2.24) is 0 Å². The second kappa shape index (κ2) is 7.99. The zero-order valence-corrected chi connectivity index (χ0v) is 14.8. The highest BCUT2D eigenvalue weighted by Gasteiger charge is 2.35. The summed E-state index contributed by atoms with van der Waals surface area (Å²) in [5.41, 5.74) is 6.47. The Balaban J connectivity index is 0.00000264. The van der Waals surface area contributed by atoms with Crippen LogP contribution in [0.15, 0.2) is 24.3 Å². The number of nitrogens with two attached hydrogens (primary N) is 1. The molecule has 4 N–H and O–H groups in total. The zero-order chi connectivity index (χ0) is 16.2. The number of nitrogens with one attached hydrogen (secondary N) is 2. The molecule has 0 atom stereocenters. The van der Waals surface area contributed by atoms with Crippen molar-refractivity contribution in [3.8, 4) is 0 Å². The van der Waals surface area contributed by atoms with Crippen LogP contribution >= 0.6 is 12.4 Å². The summed E-state index contributed by atoms with van der Waals surface area (Å²) in [5.74, 6) is -0.157. The van der Waals surface area contributed by atoms with E-state index in [1.807, 2.05) is 0 Å². The van der Waals surface area contributed by atoms with Crippen molar-refractivity contribution in [1.29, 1.82) is 0 Å². The van der Waals surface area contributed by atoms with Crippen LogP contribution in [0.1, 0.15) is 39.0 Å². The van der Waals surface area contributed by atoms with Crippen LogP contribution in [0.3, 0.4) is 0 Å². The first kappa shape index (κ1) is 19.7. The first-order chi connectivity index (χ1) is 10.3. The Morgan fingerprint density at radius 2 is 1.65 bits per heavy atom. The van der Waals surface area contributed by atoms with Gasteiger partial charge in [0.25, 0.3) is 0 Å². The summed E-state index contributed by atoms with van der Waals surface area (Å²) in [6, 6.07) is 6.56. The van der Waals surface area contributed by atoms with Crippen molar-refractivity contribution in [2.24, 2.45) is 5.73 Å². The Hall–Kier alpha value is -1.31. The maximum absolute atomic E-state index is 12.3. The largest absolute Gasteiger partial charge is 0.324 e. The zero-order valence-electron chi connectivity index (χ0n) is 13.2. The van der Waals surface area contributed by atoms with Crippen LogP contribution in [0.2, 0.25) is 0 Å². The number of rotatable bonds is 5. The van der Waals surface area contributed by atoms with Gasteiger partial charge < -0.3 is 11.1 Å². The van der Waals surface area contributed by atoms with Crippen LogP contribution < -0.4 is 15.8 Å². The van der Waals surface area contributed by atoms with Gasteiger partial charge >= 0.3 is 0 Å². The molecule has 0 aromatic heterocycles. The Morgan fingerprint density at radius 3 is 2.17 bits per heavy atom. The molecule has 0 saturated heterocycles. The number of benzene rings is 1. The maximum atomic E-state index is 12.3. The molecule has 0 spiro atoms. The highest BCUT2D eigenvalue weighted by atomic mass is 35.5. The third-order valence-electron chi connectivity index (χ3n) is 3.99. The van der Waals surface area contributed by atoms with Gasteiger partial charge in [-0.3, -0.25) is 9.52 Å². The Kier molecular flexibility index (Phi) is 6.85. The Bertz CT molecular complexity index is 626. The highest BCUT2D eigenvalue weighted by Crippen LogP contribution is 2.27. The molecule has 0 radical (unpaired) electrons. The number of halogens is 1. The second-order valence-corrected chi connectivity index (χ2v) is 7.76. The van der Waals surface area contributed by atoms with Crippen LogP contribution in [0.25, 0.3) is 0 Å². The van der Waals surface area contributed by atoms with Gasteiger partial charge in [0.15, 0.2) is 0 Å². The van der Waals surface area contributed by atoms with Crippen LogP contribution in [0.4, 0.5) is 11.4 Å². The maximum Gasteiger partial charge on any atom is 0.244 e. The number of carbonyl (C=O) groups excluding carboxylic acids is 1. The summed E-state index contributed by atoms with van der Waals surface area (Å²) in [6.45, 7) is 1.57. The smallest absolute Gasteiger partial charge is 0.244 e.